The molecule has 0 fully saturated rings. The van der Waals surface area contributed by atoms with E-state index in [1.54, 1.807) is 0 Å². The quantitative estimate of drug-likeness (QED) is 0.355. The van der Waals surface area contributed by atoms with Gasteiger partial charge < -0.3 is 9.84 Å². The third kappa shape index (κ3) is 7.77. The molecule has 0 saturated heterocycles. The molecule has 0 aliphatic heterocycles. The molecule has 0 radical (unpaired) electrons. The highest BCUT2D eigenvalue weighted by Gasteiger charge is 2.12. The van der Waals surface area contributed by atoms with E-state index in [2.05, 4.69) is 6.92 Å². The van der Waals surface area contributed by atoms with Crippen molar-refractivity contribution in [2.75, 3.05) is 0 Å². The third-order valence-corrected chi connectivity index (χ3v) is 3.64. The second-order valence-electron chi connectivity index (χ2n) is 5.65. The Morgan fingerprint density at radius 1 is 1.04 bits per heavy atom. The summed E-state index contributed by atoms with van der Waals surface area (Å²) in [4.78, 5) is 22.3. The average molecular weight is 324 g/mol. The van der Waals surface area contributed by atoms with Gasteiger partial charge in [0.15, 0.2) is 0 Å². The minimum atomic E-state index is -1.35. The molecule has 0 amide bonds. The van der Waals surface area contributed by atoms with Gasteiger partial charge in [0.05, 0.1) is 5.56 Å². The van der Waals surface area contributed by atoms with Crippen molar-refractivity contribution < 1.29 is 23.8 Å². The molecular formula is C18H25FO4. The summed E-state index contributed by atoms with van der Waals surface area (Å²) in [6, 6.07) is 3.31. The fraction of sp³-hybridized carbons (Fsp3) is 0.556. The summed E-state index contributed by atoms with van der Waals surface area (Å²) in [5.74, 6) is -2.63. The molecule has 4 nitrogen and oxygen atoms in total. The molecule has 0 heterocycles. The van der Waals surface area contributed by atoms with Crippen LogP contribution in [-0.2, 0) is 4.79 Å². The van der Waals surface area contributed by atoms with Crippen LogP contribution < -0.4 is 4.74 Å². The number of aromatic carboxylic acids is 1. The van der Waals surface area contributed by atoms with Gasteiger partial charge in [0.25, 0.3) is 0 Å². The number of ether oxygens (including phenoxy) is 1. The molecule has 0 aromatic heterocycles. The number of carbonyl (C=O) groups excluding carboxylic acids is 1. The molecule has 0 saturated carbocycles. The van der Waals surface area contributed by atoms with Gasteiger partial charge in [-0.15, -0.1) is 0 Å². The topological polar surface area (TPSA) is 63.6 Å². The number of unbranched alkanes of at least 4 members (excludes halogenated alkanes) is 7. The monoisotopic (exact) mass is 324 g/mol. The van der Waals surface area contributed by atoms with Crippen LogP contribution in [0.3, 0.4) is 0 Å². The van der Waals surface area contributed by atoms with Crippen molar-refractivity contribution in [2.24, 2.45) is 0 Å². The fourth-order valence-electron chi connectivity index (χ4n) is 2.32. The van der Waals surface area contributed by atoms with E-state index >= 15 is 0 Å². The van der Waals surface area contributed by atoms with E-state index in [9.17, 15) is 14.0 Å². The van der Waals surface area contributed by atoms with E-state index in [0.29, 0.717) is 0 Å². The first-order valence-corrected chi connectivity index (χ1v) is 8.28. The van der Waals surface area contributed by atoms with E-state index in [-0.39, 0.29) is 12.2 Å². The molecule has 23 heavy (non-hydrogen) atoms. The van der Waals surface area contributed by atoms with Crippen LogP contribution >= 0.6 is 0 Å². The zero-order valence-electron chi connectivity index (χ0n) is 13.6. The Kier molecular flexibility index (Phi) is 8.95. The first-order chi connectivity index (χ1) is 11.0. The minimum absolute atomic E-state index is 0.0389. The van der Waals surface area contributed by atoms with Gasteiger partial charge >= 0.3 is 11.9 Å². The van der Waals surface area contributed by atoms with Crippen LogP contribution in [0.15, 0.2) is 18.2 Å². The molecule has 0 spiro atoms. The second kappa shape index (κ2) is 10.8. The number of rotatable bonds is 11. The normalized spacial score (nSPS) is 10.5. The van der Waals surface area contributed by atoms with Crippen LogP contribution in [0.25, 0.3) is 0 Å². The van der Waals surface area contributed by atoms with Crippen LogP contribution in [0.1, 0.15) is 75.1 Å². The summed E-state index contributed by atoms with van der Waals surface area (Å²) in [7, 11) is 0. The number of benzene rings is 1. The summed E-state index contributed by atoms with van der Waals surface area (Å²) in [6.45, 7) is 2.19. The molecule has 1 aromatic rings. The largest absolute Gasteiger partial charge is 0.478 e. The van der Waals surface area contributed by atoms with Crippen molar-refractivity contribution in [1.29, 1.82) is 0 Å². The first kappa shape index (κ1) is 19.1. The van der Waals surface area contributed by atoms with Gasteiger partial charge in [0, 0.05) is 12.5 Å². The molecule has 128 valence electrons. The highest BCUT2D eigenvalue weighted by Crippen LogP contribution is 2.18. The smallest absolute Gasteiger partial charge is 0.338 e. The fourth-order valence-corrected chi connectivity index (χ4v) is 2.32. The Labute approximate surface area is 136 Å². The standard InChI is InChI=1S/C18H25FO4/c1-2-3-4-5-6-7-8-9-10-17(20)23-14-11-12-15(18(21)22)16(19)13-14/h11-13H,2-10H2,1H3,(H,21,22). The summed E-state index contributed by atoms with van der Waals surface area (Å²) < 4.78 is 18.5. The molecule has 1 aromatic carbocycles. The second-order valence-corrected chi connectivity index (χ2v) is 5.65. The lowest BCUT2D eigenvalue weighted by molar-refractivity contribution is -0.134. The number of carboxylic acid groups (broad SMARTS) is 1. The average Bonchev–Trinajstić information content (AvgIpc) is 2.49. The highest BCUT2D eigenvalue weighted by molar-refractivity contribution is 5.88. The van der Waals surface area contributed by atoms with Crippen molar-refractivity contribution in [3.05, 3.63) is 29.6 Å². The summed E-state index contributed by atoms with van der Waals surface area (Å²) in [5.41, 5.74) is -0.437. The van der Waals surface area contributed by atoms with E-state index < -0.39 is 23.3 Å². The SMILES string of the molecule is CCCCCCCCCCC(=O)Oc1ccc(C(=O)O)c(F)c1. The van der Waals surface area contributed by atoms with Crippen molar-refractivity contribution >= 4 is 11.9 Å². The molecule has 1 rings (SSSR count). The lowest BCUT2D eigenvalue weighted by Crippen LogP contribution is -2.08. The van der Waals surface area contributed by atoms with E-state index in [0.717, 1.165) is 31.4 Å². The molecule has 0 bridgehead atoms. The van der Waals surface area contributed by atoms with Gasteiger partial charge in [-0.3, -0.25) is 4.79 Å². The number of carbonyl (C=O) groups is 2. The number of hydrogen-bond donors (Lipinski definition) is 1. The van der Waals surface area contributed by atoms with Gasteiger partial charge in [0.2, 0.25) is 0 Å². The summed E-state index contributed by atoms with van der Waals surface area (Å²) in [5, 5.41) is 8.73. The maximum atomic E-state index is 13.5. The highest BCUT2D eigenvalue weighted by atomic mass is 19.1. The van der Waals surface area contributed by atoms with Crippen LogP contribution in [0.4, 0.5) is 4.39 Å². The Morgan fingerprint density at radius 2 is 1.65 bits per heavy atom. The van der Waals surface area contributed by atoms with Gasteiger partial charge in [-0.25, -0.2) is 9.18 Å². The molecule has 0 aliphatic carbocycles. The number of esters is 1. The zero-order chi connectivity index (χ0) is 17.1. The van der Waals surface area contributed by atoms with Crippen molar-refractivity contribution in [3.8, 4) is 5.75 Å². The van der Waals surface area contributed by atoms with Crippen LogP contribution in [0, 0.1) is 5.82 Å². The molecular weight excluding hydrogens is 299 g/mol. The molecule has 0 unspecified atom stereocenters. The van der Waals surface area contributed by atoms with Gasteiger partial charge in [0.1, 0.15) is 11.6 Å². The van der Waals surface area contributed by atoms with Crippen LogP contribution in [0.5, 0.6) is 5.75 Å². The first-order valence-electron chi connectivity index (χ1n) is 8.28. The van der Waals surface area contributed by atoms with Crippen molar-refractivity contribution in [3.63, 3.8) is 0 Å². The van der Waals surface area contributed by atoms with Crippen LogP contribution in [-0.4, -0.2) is 17.0 Å². The van der Waals surface area contributed by atoms with Crippen molar-refractivity contribution in [2.45, 2.75) is 64.7 Å². The molecule has 0 atom stereocenters. The van der Waals surface area contributed by atoms with E-state index in [1.807, 2.05) is 0 Å². The lowest BCUT2D eigenvalue weighted by atomic mass is 10.1. The Hall–Kier alpha value is -1.91. The van der Waals surface area contributed by atoms with Crippen LogP contribution in [0.2, 0.25) is 0 Å². The number of carboxylic acids is 1. The Morgan fingerprint density at radius 3 is 2.22 bits per heavy atom. The predicted octanol–water partition coefficient (Wildman–Crippen LogP) is 4.96. The predicted molar refractivity (Wildman–Crippen MR) is 86.2 cm³/mol. The Bertz CT molecular complexity index is 514. The zero-order valence-corrected chi connectivity index (χ0v) is 13.6. The maximum Gasteiger partial charge on any atom is 0.338 e. The van der Waals surface area contributed by atoms with Gasteiger partial charge in [-0.05, 0) is 18.6 Å². The molecule has 1 N–H and O–H groups in total. The summed E-state index contributed by atoms with van der Waals surface area (Å²) >= 11 is 0. The van der Waals surface area contributed by atoms with E-state index in [4.69, 9.17) is 9.84 Å². The third-order valence-electron chi connectivity index (χ3n) is 3.64. The minimum Gasteiger partial charge on any atom is -0.478 e. The lowest BCUT2D eigenvalue weighted by Gasteiger charge is -2.06. The molecule has 5 heteroatoms. The van der Waals surface area contributed by atoms with Gasteiger partial charge in [-0.1, -0.05) is 51.9 Å². The maximum absolute atomic E-state index is 13.5. The van der Waals surface area contributed by atoms with Crippen molar-refractivity contribution in [1.82, 2.24) is 0 Å². The van der Waals surface area contributed by atoms with E-state index in [1.165, 1.54) is 38.2 Å². The number of halogens is 1. The summed E-state index contributed by atoms with van der Waals surface area (Å²) in [6.07, 6.45) is 9.36. The number of hydrogen-bond acceptors (Lipinski definition) is 3. The van der Waals surface area contributed by atoms with Gasteiger partial charge in [-0.2, -0.15) is 0 Å². The molecule has 0 aliphatic rings. The Balaban J connectivity index is 2.21.